The molecule has 0 aliphatic heterocycles. The minimum atomic E-state index is 0. The largest absolute Gasteiger partial charge is 1.00 e. The molecule has 0 atom stereocenters. The van der Waals surface area contributed by atoms with E-state index in [0.717, 1.165) is 0 Å². The third-order valence-corrected chi connectivity index (χ3v) is 1.000. The zero-order chi connectivity index (χ0) is 2.83. The van der Waals surface area contributed by atoms with Crippen LogP contribution in [0.3, 0.4) is 0 Å². The fourth-order valence-corrected chi connectivity index (χ4v) is 0.250. The molecule has 0 aromatic heterocycles. The fourth-order valence-electron chi connectivity index (χ4n) is 0.250. The van der Waals surface area contributed by atoms with Crippen LogP contribution in [0.2, 0.25) is 0 Å². The van der Waals surface area contributed by atoms with Crippen molar-refractivity contribution in [3.05, 3.63) is 0 Å². The molecule has 0 amide bonds. The number of rotatable bonds is 0. The summed E-state index contributed by atoms with van der Waals surface area (Å²) >= 11 is 0. The van der Waals surface area contributed by atoms with Crippen LogP contribution < -0.4 is 58.2 Å². The van der Waals surface area contributed by atoms with Crippen LogP contribution in [0.1, 0.15) is 34.5 Å². The Hall–Kier alpha value is 1.81. The van der Waals surface area contributed by atoms with Gasteiger partial charge in [0.25, 0.3) is 0 Å². The van der Waals surface area contributed by atoms with Crippen molar-refractivity contribution in [3.8, 4) is 0 Å². The molecule has 0 unspecified atom stereocenters. The molecule has 0 heterocycles. The van der Waals surface area contributed by atoms with Crippen molar-refractivity contribution >= 4 is 0 Å². The van der Waals surface area contributed by atoms with Crippen LogP contribution >= 0.6 is 0 Å². The molecule has 0 nitrogen and oxygen atoms in total. The first-order chi connectivity index (χ1) is 2.00. The molecule has 1 aliphatic carbocycles. The first-order valence-corrected chi connectivity index (χ1v) is 2.00. The van der Waals surface area contributed by atoms with Crippen LogP contribution in [0, 0.1) is 0 Å². The van der Waals surface area contributed by atoms with Gasteiger partial charge in [0.15, 0.2) is 0 Å². The Morgan fingerprint density at radius 3 is 1.00 bits per heavy atom. The van der Waals surface area contributed by atoms with Crippen LogP contribution in [0.25, 0.3) is 0 Å². The van der Waals surface area contributed by atoms with Gasteiger partial charge in [0.05, 0.1) is 0 Å². The second-order valence-corrected chi connectivity index (χ2v) is 1.41. The summed E-state index contributed by atoms with van der Waals surface area (Å²) < 4.78 is 0. The van der Waals surface area contributed by atoms with Gasteiger partial charge in [0.1, 0.15) is 0 Å². The second-order valence-electron chi connectivity index (χ2n) is 1.41. The van der Waals surface area contributed by atoms with Crippen molar-refractivity contribution < 1.29 is 59.6 Å². The molecule has 6 heavy (non-hydrogen) atoms. The van der Waals surface area contributed by atoms with E-state index in [-0.39, 0.29) is 67.0 Å². The van der Waals surface area contributed by atoms with E-state index >= 15 is 0 Å². The Morgan fingerprint density at radius 2 is 1.00 bits per heavy atom. The summed E-state index contributed by atoms with van der Waals surface area (Å²) in [4.78, 5) is 0. The zero-order valence-corrected chi connectivity index (χ0v) is 8.74. The van der Waals surface area contributed by atoms with Gasteiger partial charge in [-0.2, -0.15) is 0 Å². The van der Waals surface area contributed by atoms with Gasteiger partial charge in [-0.25, -0.2) is 0 Å². The van der Waals surface area contributed by atoms with Gasteiger partial charge in [-0.15, -0.1) is 0 Å². The van der Waals surface area contributed by atoms with Crippen LogP contribution in [0.15, 0.2) is 0 Å². The summed E-state index contributed by atoms with van der Waals surface area (Å²) in [5.74, 6) is 0. The molecule has 0 spiro atoms. The molecule has 0 aromatic rings. The summed E-state index contributed by atoms with van der Waals surface area (Å²) in [6.07, 6.45) is 6.00. The number of hydrogen-bond donors (Lipinski definition) is 0. The van der Waals surface area contributed by atoms with Gasteiger partial charge in [-0.1, -0.05) is 33.1 Å². The van der Waals surface area contributed by atoms with Crippen molar-refractivity contribution in [2.45, 2.75) is 33.1 Å². The Bertz CT molecular complexity index is 16.0. The SMILES string of the molecule is C.C1CCC1.[H-].[Rb+]. The summed E-state index contributed by atoms with van der Waals surface area (Å²) in [6, 6.07) is 0. The molecular formula is C5H13Rb. The molecule has 1 aliphatic rings. The topological polar surface area (TPSA) is 0 Å². The van der Waals surface area contributed by atoms with Crippen molar-refractivity contribution in [3.63, 3.8) is 0 Å². The fraction of sp³-hybridized carbons (Fsp3) is 1.00. The maximum Gasteiger partial charge on any atom is 1.00 e. The van der Waals surface area contributed by atoms with E-state index in [2.05, 4.69) is 0 Å². The summed E-state index contributed by atoms with van der Waals surface area (Å²) in [5, 5.41) is 0. The van der Waals surface area contributed by atoms with Gasteiger partial charge < -0.3 is 1.43 Å². The van der Waals surface area contributed by atoms with Gasteiger partial charge in [0.2, 0.25) is 0 Å². The predicted molar refractivity (Wildman–Crippen MR) is 26.3 cm³/mol. The van der Waals surface area contributed by atoms with Crippen LogP contribution in [0.4, 0.5) is 0 Å². The molecule has 0 N–H and O–H groups in total. The van der Waals surface area contributed by atoms with E-state index in [1.54, 1.807) is 0 Å². The van der Waals surface area contributed by atoms with Crippen molar-refractivity contribution in [1.29, 1.82) is 0 Å². The Kier molecular flexibility index (Phi) is 12.2. The third kappa shape index (κ3) is 3.98. The molecule has 1 saturated carbocycles. The smallest absolute Gasteiger partial charge is 1.00 e. The Labute approximate surface area is 91.0 Å². The molecule has 0 saturated heterocycles. The van der Waals surface area contributed by atoms with Crippen LogP contribution in [-0.4, -0.2) is 0 Å². The van der Waals surface area contributed by atoms with Crippen molar-refractivity contribution in [1.82, 2.24) is 0 Å². The molecule has 1 fully saturated rings. The average Bonchev–Trinajstić information content (AvgIpc) is 0.722. The quantitative estimate of drug-likeness (QED) is 0.438. The Morgan fingerprint density at radius 1 is 0.833 bits per heavy atom. The zero-order valence-electron chi connectivity index (χ0n) is 4.83. The minimum absolute atomic E-state index is 0. The van der Waals surface area contributed by atoms with E-state index in [4.69, 9.17) is 0 Å². The van der Waals surface area contributed by atoms with Crippen molar-refractivity contribution in [2.24, 2.45) is 0 Å². The molecular weight excluding hydrogens is 146 g/mol. The van der Waals surface area contributed by atoms with Gasteiger partial charge >= 0.3 is 58.2 Å². The van der Waals surface area contributed by atoms with E-state index in [9.17, 15) is 0 Å². The summed E-state index contributed by atoms with van der Waals surface area (Å²) in [6.45, 7) is 0. The minimum Gasteiger partial charge on any atom is -1.00 e. The monoisotopic (exact) mass is 158 g/mol. The maximum absolute atomic E-state index is 1.50. The average molecular weight is 159 g/mol. The van der Waals surface area contributed by atoms with Gasteiger partial charge in [-0.3, -0.25) is 0 Å². The normalized spacial score (nSPS) is 16.0. The Balaban J connectivity index is -0.0000000533. The molecule has 1 rings (SSSR count). The second kappa shape index (κ2) is 6.81. The summed E-state index contributed by atoms with van der Waals surface area (Å²) in [7, 11) is 0. The molecule has 0 bridgehead atoms. The van der Waals surface area contributed by atoms with Crippen molar-refractivity contribution in [2.75, 3.05) is 0 Å². The van der Waals surface area contributed by atoms with Crippen LogP contribution in [0.5, 0.6) is 0 Å². The summed E-state index contributed by atoms with van der Waals surface area (Å²) in [5.41, 5.74) is 0. The molecule has 0 aromatic carbocycles. The third-order valence-electron chi connectivity index (χ3n) is 1.000. The van der Waals surface area contributed by atoms with Crippen LogP contribution in [-0.2, 0) is 0 Å². The number of hydrogen-bond acceptors (Lipinski definition) is 0. The van der Waals surface area contributed by atoms with E-state index < -0.39 is 0 Å². The molecule has 0 radical (unpaired) electrons. The molecule has 34 valence electrons. The standard InChI is InChI=1S/C4H8.CH4.Rb.H/c1-2-4-3-1;;;/h1-4H2;1H4;;/q;;+1;-1. The molecule has 1 heteroatoms. The van der Waals surface area contributed by atoms with Gasteiger partial charge in [-0.05, 0) is 0 Å². The predicted octanol–water partition coefficient (Wildman–Crippen LogP) is -0.687. The van der Waals surface area contributed by atoms with E-state index in [0.29, 0.717) is 0 Å². The first kappa shape index (κ1) is 10.7. The van der Waals surface area contributed by atoms with Gasteiger partial charge in [0, 0.05) is 0 Å². The first-order valence-electron chi connectivity index (χ1n) is 2.00. The maximum atomic E-state index is 1.50. The van der Waals surface area contributed by atoms with E-state index in [1.165, 1.54) is 25.7 Å². The van der Waals surface area contributed by atoms with E-state index in [1.807, 2.05) is 0 Å².